The monoisotopic (exact) mass is 290 g/mol. The Balaban J connectivity index is 2.01. The van der Waals surface area contributed by atoms with Gasteiger partial charge < -0.3 is 15.0 Å². The molecule has 21 heavy (non-hydrogen) atoms. The maximum Gasteiger partial charge on any atom is 0.410 e. The van der Waals surface area contributed by atoms with Gasteiger partial charge in [-0.2, -0.15) is 0 Å². The van der Waals surface area contributed by atoms with Gasteiger partial charge in [-0.15, -0.1) is 0 Å². The summed E-state index contributed by atoms with van der Waals surface area (Å²) in [4.78, 5) is 14.2. The molecule has 1 aliphatic heterocycles. The van der Waals surface area contributed by atoms with Crippen molar-refractivity contribution in [2.75, 3.05) is 19.7 Å². The van der Waals surface area contributed by atoms with Gasteiger partial charge in [0.2, 0.25) is 0 Å². The molecular weight excluding hydrogens is 264 g/mol. The minimum Gasteiger partial charge on any atom is -0.449 e. The van der Waals surface area contributed by atoms with Gasteiger partial charge in [-0.1, -0.05) is 44.2 Å². The van der Waals surface area contributed by atoms with E-state index in [0.29, 0.717) is 25.1 Å². The number of benzene rings is 1. The Morgan fingerprint density at radius 2 is 2.10 bits per heavy atom. The minimum atomic E-state index is -0.182. The molecule has 1 heterocycles. The Morgan fingerprint density at radius 3 is 2.76 bits per heavy atom. The third-order valence-electron chi connectivity index (χ3n) is 3.70. The largest absolute Gasteiger partial charge is 0.449 e. The molecule has 2 rings (SSSR count). The van der Waals surface area contributed by atoms with Crippen LogP contribution in [0.4, 0.5) is 4.79 Å². The van der Waals surface area contributed by atoms with E-state index in [0.717, 1.165) is 13.0 Å². The lowest BCUT2D eigenvalue weighted by molar-refractivity contribution is 0.0622. The minimum absolute atomic E-state index is 0.156. The molecule has 4 heteroatoms. The lowest BCUT2D eigenvalue weighted by Crippen LogP contribution is -2.58. The zero-order valence-corrected chi connectivity index (χ0v) is 13.2. The summed E-state index contributed by atoms with van der Waals surface area (Å²) >= 11 is 0. The summed E-state index contributed by atoms with van der Waals surface area (Å²) in [5.74, 6) is 0.363. The zero-order valence-electron chi connectivity index (χ0n) is 13.2. The van der Waals surface area contributed by atoms with Crippen molar-refractivity contribution in [3.8, 4) is 0 Å². The Bertz CT molecular complexity index is 447. The van der Waals surface area contributed by atoms with E-state index in [2.05, 4.69) is 38.2 Å². The summed E-state index contributed by atoms with van der Waals surface area (Å²) in [6.45, 7) is 8.20. The van der Waals surface area contributed by atoms with Crippen LogP contribution in [-0.2, 0) is 11.2 Å². The highest BCUT2D eigenvalue weighted by atomic mass is 16.6. The molecule has 0 saturated carbocycles. The van der Waals surface area contributed by atoms with Gasteiger partial charge in [0.05, 0.1) is 12.6 Å². The second-order valence-electron chi connectivity index (χ2n) is 6.28. The first kappa shape index (κ1) is 15.8. The molecule has 0 bridgehead atoms. The summed E-state index contributed by atoms with van der Waals surface area (Å²) in [6.07, 6.45) is 0.676. The van der Waals surface area contributed by atoms with Crippen LogP contribution in [0.15, 0.2) is 30.3 Å². The van der Waals surface area contributed by atoms with Crippen LogP contribution in [0.2, 0.25) is 0 Å². The summed E-state index contributed by atoms with van der Waals surface area (Å²) < 4.78 is 5.42. The average molecular weight is 290 g/mol. The number of nitrogens with zero attached hydrogens (tertiary/aromatic N) is 1. The van der Waals surface area contributed by atoms with Crippen LogP contribution in [0.5, 0.6) is 0 Å². The third kappa shape index (κ3) is 4.74. The maximum atomic E-state index is 12.3. The van der Waals surface area contributed by atoms with Crippen molar-refractivity contribution in [3.63, 3.8) is 0 Å². The number of nitrogens with one attached hydrogen (secondary N) is 1. The van der Waals surface area contributed by atoms with E-state index in [4.69, 9.17) is 4.74 Å². The number of rotatable bonds is 4. The molecule has 2 atom stereocenters. The van der Waals surface area contributed by atoms with Crippen LogP contribution >= 0.6 is 0 Å². The first-order valence-corrected chi connectivity index (χ1v) is 7.77. The third-order valence-corrected chi connectivity index (χ3v) is 3.70. The SMILES string of the molecule is CC(C)COC(=O)N1CC(C)NCC1Cc1ccccc1. The standard InChI is InChI=1S/C17H26N2O2/c1-13(2)12-21-17(20)19-11-14(3)18-10-16(19)9-15-7-5-4-6-8-15/h4-8,13-14,16,18H,9-12H2,1-3H3. The van der Waals surface area contributed by atoms with Gasteiger partial charge in [0.15, 0.2) is 0 Å². The highest BCUT2D eigenvalue weighted by Crippen LogP contribution is 2.15. The van der Waals surface area contributed by atoms with Crippen molar-refractivity contribution in [1.29, 1.82) is 0 Å². The molecule has 1 N–H and O–H groups in total. The van der Waals surface area contributed by atoms with Crippen LogP contribution < -0.4 is 5.32 Å². The van der Waals surface area contributed by atoms with Crippen LogP contribution in [0.1, 0.15) is 26.3 Å². The molecule has 0 aromatic heterocycles. The fourth-order valence-electron chi connectivity index (χ4n) is 2.57. The summed E-state index contributed by atoms with van der Waals surface area (Å²) in [7, 11) is 0. The van der Waals surface area contributed by atoms with Gasteiger partial charge in [0.25, 0.3) is 0 Å². The number of hydrogen-bond donors (Lipinski definition) is 1. The van der Waals surface area contributed by atoms with Gasteiger partial charge >= 0.3 is 6.09 Å². The first-order valence-electron chi connectivity index (χ1n) is 7.77. The average Bonchev–Trinajstić information content (AvgIpc) is 2.47. The lowest BCUT2D eigenvalue weighted by Gasteiger charge is -2.38. The van der Waals surface area contributed by atoms with Gasteiger partial charge in [-0.3, -0.25) is 0 Å². The highest BCUT2D eigenvalue weighted by Gasteiger charge is 2.30. The van der Waals surface area contributed by atoms with E-state index in [9.17, 15) is 4.79 Å². The summed E-state index contributed by atoms with van der Waals surface area (Å²) in [6, 6.07) is 10.8. The zero-order chi connectivity index (χ0) is 15.2. The van der Waals surface area contributed by atoms with Crippen LogP contribution in [0.3, 0.4) is 0 Å². The van der Waals surface area contributed by atoms with E-state index in [1.807, 2.05) is 23.1 Å². The van der Waals surface area contributed by atoms with Crippen molar-refractivity contribution in [2.24, 2.45) is 5.92 Å². The predicted octanol–water partition coefficient (Wildman–Crippen LogP) is 2.68. The molecule has 1 fully saturated rings. The lowest BCUT2D eigenvalue weighted by atomic mass is 10.0. The van der Waals surface area contributed by atoms with E-state index >= 15 is 0 Å². The Labute approximate surface area is 127 Å². The number of carbonyl (C=O) groups excluding carboxylic acids is 1. The smallest absolute Gasteiger partial charge is 0.410 e. The summed E-state index contributed by atoms with van der Waals surface area (Å²) in [5, 5.41) is 3.45. The van der Waals surface area contributed by atoms with Crippen molar-refractivity contribution < 1.29 is 9.53 Å². The van der Waals surface area contributed by atoms with Crippen molar-refractivity contribution in [2.45, 2.75) is 39.3 Å². The van der Waals surface area contributed by atoms with Crippen LogP contribution in [0.25, 0.3) is 0 Å². The Hall–Kier alpha value is -1.55. The second kappa shape index (κ2) is 7.46. The van der Waals surface area contributed by atoms with E-state index in [-0.39, 0.29) is 12.1 Å². The molecule has 0 spiro atoms. The first-order chi connectivity index (χ1) is 10.1. The highest BCUT2D eigenvalue weighted by molar-refractivity contribution is 5.68. The number of ether oxygens (including phenoxy) is 1. The van der Waals surface area contributed by atoms with Crippen molar-refractivity contribution in [3.05, 3.63) is 35.9 Å². The molecule has 1 saturated heterocycles. The van der Waals surface area contributed by atoms with Gasteiger partial charge in [0.1, 0.15) is 0 Å². The molecule has 1 aromatic carbocycles. The van der Waals surface area contributed by atoms with Crippen LogP contribution in [0, 0.1) is 5.92 Å². The molecule has 1 aromatic rings. The van der Waals surface area contributed by atoms with Gasteiger partial charge in [-0.25, -0.2) is 4.79 Å². The number of piperazine rings is 1. The summed E-state index contributed by atoms with van der Waals surface area (Å²) in [5.41, 5.74) is 1.25. The van der Waals surface area contributed by atoms with E-state index in [1.165, 1.54) is 5.56 Å². The molecule has 116 valence electrons. The van der Waals surface area contributed by atoms with E-state index < -0.39 is 0 Å². The molecular formula is C17H26N2O2. The molecule has 1 amide bonds. The fourth-order valence-corrected chi connectivity index (χ4v) is 2.57. The number of hydrogen-bond acceptors (Lipinski definition) is 3. The maximum absolute atomic E-state index is 12.3. The predicted molar refractivity (Wildman–Crippen MR) is 84.3 cm³/mol. The quantitative estimate of drug-likeness (QED) is 0.927. The van der Waals surface area contributed by atoms with Crippen molar-refractivity contribution in [1.82, 2.24) is 10.2 Å². The molecule has 0 aliphatic carbocycles. The van der Waals surface area contributed by atoms with Gasteiger partial charge in [0, 0.05) is 19.1 Å². The van der Waals surface area contributed by atoms with Crippen LogP contribution in [-0.4, -0.2) is 42.8 Å². The number of amides is 1. The Morgan fingerprint density at radius 1 is 1.38 bits per heavy atom. The topological polar surface area (TPSA) is 41.6 Å². The molecule has 2 unspecified atom stereocenters. The molecule has 0 radical (unpaired) electrons. The Kier molecular flexibility index (Phi) is 5.62. The number of carbonyl (C=O) groups is 1. The second-order valence-corrected chi connectivity index (χ2v) is 6.28. The van der Waals surface area contributed by atoms with E-state index in [1.54, 1.807) is 0 Å². The normalized spacial score (nSPS) is 22.4. The molecule has 4 nitrogen and oxygen atoms in total. The van der Waals surface area contributed by atoms with Crippen molar-refractivity contribution >= 4 is 6.09 Å². The molecule has 1 aliphatic rings. The van der Waals surface area contributed by atoms with Gasteiger partial charge in [-0.05, 0) is 24.8 Å². The fraction of sp³-hybridized carbons (Fsp3) is 0.588.